The van der Waals surface area contributed by atoms with Crippen molar-refractivity contribution in [2.45, 2.75) is 33.2 Å². The highest BCUT2D eigenvalue weighted by Crippen LogP contribution is 2.29. The molecule has 0 aliphatic heterocycles. The Kier molecular flexibility index (Phi) is 6.59. The van der Waals surface area contributed by atoms with Crippen LogP contribution in [0.5, 0.6) is 0 Å². The summed E-state index contributed by atoms with van der Waals surface area (Å²) in [6.07, 6.45) is 1.16. The van der Waals surface area contributed by atoms with E-state index in [9.17, 15) is 0 Å². The maximum Gasteiger partial charge on any atom is 0.0511 e. The molecular formula is C16H25BrN2. The molecule has 3 heteroatoms. The Hall–Kier alpha value is -0.800. The summed E-state index contributed by atoms with van der Waals surface area (Å²) in [5.74, 6) is 0. The van der Waals surface area contributed by atoms with Crippen LogP contribution in [0, 0.1) is 0 Å². The molecule has 1 aromatic carbocycles. The predicted octanol–water partition coefficient (Wildman–Crippen LogP) is 4.52. The molecule has 1 rings (SSSR count). The fraction of sp³-hybridized carbons (Fsp3) is 0.500. The van der Waals surface area contributed by atoms with Crippen LogP contribution in [-0.2, 0) is 0 Å². The van der Waals surface area contributed by atoms with Crippen LogP contribution in [0.3, 0.4) is 0 Å². The van der Waals surface area contributed by atoms with E-state index in [4.69, 9.17) is 0 Å². The van der Waals surface area contributed by atoms with Crippen LogP contribution in [-0.4, -0.2) is 20.1 Å². The van der Waals surface area contributed by atoms with Gasteiger partial charge in [0.05, 0.1) is 5.69 Å². The summed E-state index contributed by atoms with van der Waals surface area (Å²) in [5.41, 5.74) is 3.68. The number of rotatable bonds is 7. The summed E-state index contributed by atoms with van der Waals surface area (Å²) in [4.78, 5) is 2.21. The number of halogens is 1. The van der Waals surface area contributed by atoms with Gasteiger partial charge in [-0.2, -0.15) is 0 Å². The van der Waals surface area contributed by atoms with Crippen LogP contribution in [0.25, 0.3) is 0 Å². The first-order valence-electron chi connectivity index (χ1n) is 6.84. The number of hydrogen-bond donors (Lipinski definition) is 1. The summed E-state index contributed by atoms with van der Waals surface area (Å²) in [5, 5.41) is 3.51. The molecule has 0 fully saturated rings. The van der Waals surface area contributed by atoms with Crippen LogP contribution in [0.1, 0.15) is 38.8 Å². The molecule has 0 aliphatic carbocycles. The van der Waals surface area contributed by atoms with Crippen molar-refractivity contribution in [3.8, 4) is 0 Å². The van der Waals surface area contributed by atoms with Crippen molar-refractivity contribution >= 4 is 21.6 Å². The Morgan fingerprint density at radius 3 is 2.68 bits per heavy atom. The summed E-state index contributed by atoms with van der Waals surface area (Å²) >= 11 is 3.68. The number of benzene rings is 1. The van der Waals surface area contributed by atoms with Gasteiger partial charge in [0.15, 0.2) is 0 Å². The van der Waals surface area contributed by atoms with Crippen LogP contribution in [0.2, 0.25) is 0 Å². The maximum absolute atomic E-state index is 3.96. The molecule has 1 aromatic rings. The van der Waals surface area contributed by atoms with Gasteiger partial charge in [-0.05, 0) is 60.4 Å². The van der Waals surface area contributed by atoms with Gasteiger partial charge in [0, 0.05) is 24.1 Å². The SMILES string of the molecule is C=C(C)CN(C)c1ccc(C(C)NCCC)cc1Br. The predicted molar refractivity (Wildman–Crippen MR) is 88.9 cm³/mol. The van der Waals surface area contributed by atoms with Crippen molar-refractivity contribution in [1.29, 1.82) is 0 Å². The minimum atomic E-state index is 0.386. The lowest BCUT2D eigenvalue weighted by Gasteiger charge is -2.22. The first kappa shape index (κ1) is 16.3. The van der Waals surface area contributed by atoms with E-state index >= 15 is 0 Å². The molecule has 0 aliphatic rings. The molecule has 0 saturated carbocycles. The molecule has 19 heavy (non-hydrogen) atoms. The third-order valence-corrected chi connectivity index (χ3v) is 3.73. The third-order valence-electron chi connectivity index (χ3n) is 3.09. The topological polar surface area (TPSA) is 15.3 Å². The zero-order valence-corrected chi connectivity index (χ0v) is 14.0. The van der Waals surface area contributed by atoms with E-state index in [1.165, 1.54) is 11.3 Å². The average molecular weight is 325 g/mol. The van der Waals surface area contributed by atoms with Gasteiger partial charge in [0.2, 0.25) is 0 Å². The van der Waals surface area contributed by atoms with Crippen molar-refractivity contribution in [2.24, 2.45) is 0 Å². The molecule has 0 radical (unpaired) electrons. The molecule has 0 amide bonds. The summed E-state index contributed by atoms with van der Waals surface area (Å²) in [6, 6.07) is 6.96. The minimum absolute atomic E-state index is 0.386. The van der Waals surface area contributed by atoms with E-state index in [1.54, 1.807) is 0 Å². The van der Waals surface area contributed by atoms with Crippen LogP contribution < -0.4 is 10.2 Å². The second kappa shape index (κ2) is 7.71. The third kappa shape index (κ3) is 5.00. The highest BCUT2D eigenvalue weighted by molar-refractivity contribution is 9.10. The van der Waals surface area contributed by atoms with Gasteiger partial charge < -0.3 is 10.2 Å². The normalized spacial score (nSPS) is 12.3. The molecule has 1 N–H and O–H groups in total. The first-order chi connectivity index (χ1) is 8.95. The molecule has 1 atom stereocenters. The Labute approximate surface area is 126 Å². The highest BCUT2D eigenvalue weighted by atomic mass is 79.9. The number of nitrogens with zero attached hydrogens (tertiary/aromatic N) is 1. The Bertz CT molecular complexity index is 429. The zero-order valence-electron chi connectivity index (χ0n) is 12.5. The molecule has 106 valence electrons. The molecule has 2 nitrogen and oxygen atoms in total. The van der Waals surface area contributed by atoms with E-state index < -0.39 is 0 Å². The molecule has 0 aromatic heterocycles. The lowest BCUT2D eigenvalue weighted by molar-refractivity contribution is 0.570. The van der Waals surface area contributed by atoms with E-state index in [0.717, 1.165) is 29.6 Å². The van der Waals surface area contributed by atoms with Crippen molar-refractivity contribution in [3.05, 3.63) is 40.4 Å². The Morgan fingerprint density at radius 1 is 1.47 bits per heavy atom. The summed E-state index contributed by atoms with van der Waals surface area (Å²) < 4.78 is 1.14. The lowest BCUT2D eigenvalue weighted by atomic mass is 10.1. The van der Waals surface area contributed by atoms with E-state index in [-0.39, 0.29) is 0 Å². The quantitative estimate of drug-likeness (QED) is 0.742. The standard InChI is InChI=1S/C16H25BrN2/c1-6-9-18-13(4)14-7-8-16(15(17)10-14)19(5)11-12(2)3/h7-8,10,13,18H,2,6,9,11H2,1,3-5H3. The van der Waals surface area contributed by atoms with Gasteiger partial charge in [-0.3, -0.25) is 0 Å². The van der Waals surface area contributed by atoms with Crippen molar-refractivity contribution in [2.75, 3.05) is 25.0 Å². The van der Waals surface area contributed by atoms with Gasteiger partial charge in [0.1, 0.15) is 0 Å². The van der Waals surface area contributed by atoms with Crippen molar-refractivity contribution in [1.82, 2.24) is 5.32 Å². The molecule has 0 spiro atoms. The Balaban J connectivity index is 2.81. The van der Waals surface area contributed by atoms with Gasteiger partial charge in [-0.25, -0.2) is 0 Å². The van der Waals surface area contributed by atoms with Gasteiger partial charge in [-0.15, -0.1) is 0 Å². The largest absolute Gasteiger partial charge is 0.370 e. The van der Waals surface area contributed by atoms with Crippen LogP contribution in [0.15, 0.2) is 34.8 Å². The number of nitrogens with one attached hydrogen (secondary N) is 1. The average Bonchev–Trinajstić information content (AvgIpc) is 2.34. The van der Waals surface area contributed by atoms with Crippen molar-refractivity contribution < 1.29 is 0 Å². The van der Waals surface area contributed by atoms with Crippen LogP contribution in [0.4, 0.5) is 5.69 Å². The van der Waals surface area contributed by atoms with E-state index in [0.29, 0.717) is 6.04 Å². The second-order valence-electron chi connectivity index (χ2n) is 5.20. The molecule has 1 unspecified atom stereocenters. The minimum Gasteiger partial charge on any atom is -0.370 e. The molecule has 0 saturated heterocycles. The monoisotopic (exact) mass is 324 g/mol. The van der Waals surface area contributed by atoms with Crippen LogP contribution >= 0.6 is 15.9 Å². The van der Waals surface area contributed by atoms with Gasteiger partial charge in [0.25, 0.3) is 0 Å². The van der Waals surface area contributed by atoms with Gasteiger partial charge >= 0.3 is 0 Å². The molecule has 0 heterocycles. The highest BCUT2D eigenvalue weighted by Gasteiger charge is 2.10. The zero-order chi connectivity index (χ0) is 14.4. The second-order valence-corrected chi connectivity index (χ2v) is 6.05. The van der Waals surface area contributed by atoms with E-state index in [1.807, 2.05) is 0 Å². The molecule has 0 bridgehead atoms. The first-order valence-corrected chi connectivity index (χ1v) is 7.63. The molecular weight excluding hydrogens is 300 g/mol. The number of anilines is 1. The lowest BCUT2D eigenvalue weighted by Crippen LogP contribution is -2.21. The summed E-state index contributed by atoms with van der Waals surface area (Å²) in [7, 11) is 2.09. The summed E-state index contributed by atoms with van der Waals surface area (Å²) in [6.45, 7) is 12.3. The van der Waals surface area contributed by atoms with Crippen molar-refractivity contribution in [3.63, 3.8) is 0 Å². The van der Waals surface area contributed by atoms with E-state index in [2.05, 4.69) is 78.7 Å². The number of hydrogen-bond acceptors (Lipinski definition) is 2. The Morgan fingerprint density at radius 2 is 2.16 bits per heavy atom. The fourth-order valence-corrected chi connectivity index (χ4v) is 2.77. The smallest absolute Gasteiger partial charge is 0.0511 e. The number of likely N-dealkylation sites (N-methyl/N-ethyl adjacent to an activating group) is 1. The fourth-order valence-electron chi connectivity index (χ4n) is 2.07. The van der Waals surface area contributed by atoms with Gasteiger partial charge in [-0.1, -0.05) is 25.1 Å². The maximum atomic E-state index is 3.96.